The summed E-state index contributed by atoms with van der Waals surface area (Å²) in [6, 6.07) is 0. The molecule has 0 heterocycles. The SMILES string of the molecule is CP(C)C[Si](C)(C)CP(C)C. The monoisotopic (exact) mass is 208 g/mol. The third kappa shape index (κ3) is 7.44. The van der Waals surface area contributed by atoms with Crippen LogP contribution < -0.4 is 0 Å². The lowest BCUT2D eigenvalue weighted by molar-refractivity contribution is 1.61. The van der Waals surface area contributed by atoms with Gasteiger partial charge in [0.05, 0.1) is 8.07 Å². The minimum absolute atomic E-state index is 0.353. The van der Waals surface area contributed by atoms with E-state index in [9.17, 15) is 0 Å². The van der Waals surface area contributed by atoms with Crippen LogP contribution in [0.15, 0.2) is 0 Å². The molecule has 0 atom stereocenters. The van der Waals surface area contributed by atoms with Gasteiger partial charge in [0.2, 0.25) is 0 Å². The molecule has 0 aliphatic carbocycles. The summed E-state index contributed by atoms with van der Waals surface area (Å²) < 4.78 is 0. The average molecular weight is 208 g/mol. The van der Waals surface area contributed by atoms with Gasteiger partial charge in [-0.2, -0.15) is 0 Å². The molecule has 0 aliphatic rings. The molecule has 0 unspecified atom stereocenters. The van der Waals surface area contributed by atoms with Crippen molar-refractivity contribution >= 4 is 23.9 Å². The Bertz CT molecular complexity index is 98.7. The lowest BCUT2D eigenvalue weighted by Crippen LogP contribution is -2.34. The summed E-state index contributed by atoms with van der Waals surface area (Å²) in [6.45, 7) is 14.8. The van der Waals surface area contributed by atoms with E-state index in [1.807, 2.05) is 0 Å². The van der Waals surface area contributed by atoms with Crippen LogP contribution in [0.5, 0.6) is 0 Å². The number of hydrogen-bond acceptors (Lipinski definition) is 0. The number of rotatable bonds is 4. The molecule has 0 saturated carbocycles. The molecular weight excluding hydrogens is 186 g/mol. The van der Waals surface area contributed by atoms with Gasteiger partial charge in [0.25, 0.3) is 0 Å². The second kappa shape index (κ2) is 4.95. The van der Waals surface area contributed by atoms with Gasteiger partial charge in [0.15, 0.2) is 0 Å². The van der Waals surface area contributed by atoms with E-state index in [0.717, 1.165) is 0 Å². The van der Waals surface area contributed by atoms with Crippen LogP contribution in [0.2, 0.25) is 13.1 Å². The Labute approximate surface area is 75.7 Å². The molecule has 0 N–H and O–H groups in total. The van der Waals surface area contributed by atoms with Crippen LogP contribution in [0, 0.1) is 0 Å². The topological polar surface area (TPSA) is 0 Å². The Balaban J connectivity index is 3.79. The highest BCUT2D eigenvalue weighted by Gasteiger charge is 2.22. The van der Waals surface area contributed by atoms with E-state index < -0.39 is 8.07 Å². The lowest BCUT2D eigenvalue weighted by atomic mass is 11.7. The van der Waals surface area contributed by atoms with Gasteiger partial charge in [-0.15, -0.1) is 15.8 Å². The predicted octanol–water partition coefficient (Wildman–Crippen LogP) is 3.26. The highest BCUT2D eigenvalue weighted by atomic mass is 31.1. The Hall–Kier alpha value is 1.08. The van der Waals surface area contributed by atoms with E-state index in [4.69, 9.17) is 0 Å². The van der Waals surface area contributed by atoms with Crippen molar-refractivity contribution in [3.63, 3.8) is 0 Å². The molecular formula is C8H22P2Si. The van der Waals surface area contributed by atoms with Gasteiger partial charge >= 0.3 is 0 Å². The van der Waals surface area contributed by atoms with Gasteiger partial charge in [-0.05, 0) is 38.2 Å². The first kappa shape index (κ1) is 12.1. The highest BCUT2D eigenvalue weighted by molar-refractivity contribution is 7.62. The molecule has 0 fully saturated rings. The molecule has 0 saturated heterocycles. The normalized spacial score (nSPS) is 13.1. The van der Waals surface area contributed by atoms with E-state index in [0.29, 0.717) is 15.8 Å². The van der Waals surface area contributed by atoms with Crippen molar-refractivity contribution < 1.29 is 0 Å². The summed E-state index contributed by atoms with van der Waals surface area (Å²) in [5.74, 6) is 3.14. The second-order valence-electron chi connectivity index (χ2n) is 4.64. The molecule has 0 aromatic heterocycles. The summed E-state index contributed by atoms with van der Waals surface area (Å²) in [4.78, 5) is 0. The average Bonchev–Trinajstić information content (AvgIpc) is 1.53. The Morgan fingerprint density at radius 3 is 1.27 bits per heavy atom. The maximum atomic E-state index is 2.55. The third-order valence-electron chi connectivity index (χ3n) is 1.49. The van der Waals surface area contributed by atoms with E-state index in [-0.39, 0.29) is 0 Å². The van der Waals surface area contributed by atoms with Crippen LogP contribution in [0.4, 0.5) is 0 Å². The van der Waals surface area contributed by atoms with Crippen LogP contribution in [-0.4, -0.2) is 46.3 Å². The second-order valence-corrected chi connectivity index (χ2v) is 15.8. The quantitative estimate of drug-likeness (QED) is 0.491. The standard InChI is InChI=1S/C8H22P2Si/c1-9(2)7-11(5,6)8-10(3)4/h7-8H2,1-6H3. The van der Waals surface area contributed by atoms with Gasteiger partial charge in [-0.3, -0.25) is 0 Å². The van der Waals surface area contributed by atoms with E-state index >= 15 is 0 Å². The molecule has 0 aromatic rings. The summed E-state index contributed by atoms with van der Waals surface area (Å²) in [5, 5.41) is 0. The molecule has 0 spiro atoms. The Morgan fingerprint density at radius 1 is 0.818 bits per heavy atom. The van der Waals surface area contributed by atoms with Crippen molar-refractivity contribution in [1.29, 1.82) is 0 Å². The van der Waals surface area contributed by atoms with Gasteiger partial charge in [-0.25, -0.2) is 0 Å². The Morgan fingerprint density at radius 2 is 1.09 bits per heavy atom. The van der Waals surface area contributed by atoms with Crippen molar-refractivity contribution in [2.45, 2.75) is 13.1 Å². The van der Waals surface area contributed by atoms with Crippen molar-refractivity contribution in [2.75, 3.05) is 38.2 Å². The molecule has 68 valence electrons. The minimum atomic E-state index is -0.772. The van der Waals surface area contributed by atoms with Gasteiger partial charge < -0.3 is 0 Å². The van der Waals surface area contributed by atoms with Gasteiger partial charge in [0, 0.05) is 0 Å². The van der Waals surface area contributed by atoms with E-state index in [1.165, 1.54) is 0 Å². The summed E-state index contributed by atoms with van der Waals surface area (Å²) in [7, 11) is -0.0658. The first-order valence-corrected chi connectivity index (χ1v) is 12.4. The largest absolute Gasteiger partial charge is 0.116 e. The molecule has 0 aromatic carbocycles. The first-order valence-electron chi connectivity index (χ1n) is 4.13. The van der Waals surface area contributed by atoms with Crippen LogP contribution in [0.25, 0.3) is 0 Å². The summed E-state index contributed by atoms with van der Waals surface area (Å²) in [6.07, 6.45) is 0. The maximum absolute atomic E-state index is 2.55. The Kier molecular flexibility index (Phi) is 5.43. The van der Waals surface area contributed by atoms with Gasteiger partial charge in [0.1, 0.15) is 0 Å². The fourth-order valence-electron chi connectivity index (χ4n) is 1.76. The number of hydrogen-bond donors (Lipinski definition) is 0. The van der Waals surface area contributed by atoms with E-state index in [1.54, 1.807) is 11.6 Å². The minimum Gasteiger partial charge on any atom is -0.116 e. The first-order chi connectivity index (χ1) is 4.83. The van der Waals surface area contributed by atoms with Crippen LogP contribution in [-0.2, 0) is 0 Å². The lowest BCUT2D eigenvalue weighted by Gasteiger charge is -2.26. The van der Waals surface area contributed by atoms with Crippen LogP contribution >= 0.6 is 15.8 Å². The molecule has 0 rings (SSSR count). The van der Waals surface area contributed by atoms with Crippen molar-refractivity contribution in [3.8, 4) is 0 Å². The zero-order valence-corrected chi connectivity index (χ0v) is 11.6. The van der Waals surface area contributed by atoms with Crippen LogP contribution in [0.1, 0.15) is 0 Å². The predicted molar refractivity (Wildman–Crippen MR) is 64.8 cm³/mol. The molecule has 0 bridgehead atoms. The molecule has 0 aliphatic heterocycles. The molecule has 0 nitrogen and oxygen atoms in total. The van der Waals surface area contributed by atoms with Gasteiger partial charge in [-0.1, -0.05) is 13.1 Å². The summed E-state index contributed by atoms with van der Waals surface area (Å²) >= 11 is 0. The fourth-order valence-corrected chi connectivity index (χ4v) is 16.8. The zero-order chi connectivity index (χ0) is 9.07. The zero-order valence-electron chi connectivity index (χ0n) is 8.81. The van der Waals surface area contributed by atoms with Crippen molar-refractivity contribution in [2.24, 2.45) is 0 Å². The molecule has 11 heavy (non-hydrogen) atoms. The van der Waals surface area contributed by atoms with E-state index in [2.05, 4.69) is 39.8 Å². The maximum Gasteiger partial charge on any atom is 0.0558 e. The third-order valence-corrected chi connectivity index (χ3v) is 13.4. The fraction of sp³-hybridized carbons (Fsp3) is 1.00. The molecule has 0 radical (unpaired) electrons. The van der Waals surface area contributed by atoms with Crippen molar-refractivity contribution in [1.82, 2.24) is 0 Å². The highest BCUT2D eigenvalue weighted by Crippen LogP contribution is 2.35. The smallest absolute Gasteiger partial charge is 0.0558 e. The van der Waals surface area contributed by atoms with Crippen LogP contribution in [0.3, 0.4) is 0 Å². The molecule has 3 heteroatoms. The summed E-state index contributed by atoms with van der Waals surface area (Å²) in [5.41, 5.74) is 0. The molecule has 0 amide bonds. The van der Waals surface area contributed by atoms with Crippen molar-refractivity contribution in [3.05, 3.63) is 0 Å².